The maximum absolute atomic E-state index is 13.4. The number of carbonyl (C=O) groups excluding carboxylic acids is 2. The van der Waals surface area contributed by atoms with E-state index in [1.807, 2.05) is 30.3 Å². The molecule has 2 aromatic rings. The molecule has 4 rings (SSSR count). The SMILES string of the molecule is N#Cc1ccccc1CN1C(=O)N[C@@]2(CCCCc3ccccc32)C1=O. The minimum absolute atomic E-state index is 0.109. The highest BCUT2D eigenvalue weighted by Gasteiger charge is 2.53. The first-order valence-corrected chi connectivity index (χ1v) is 8.86. The van der Waals surface area contributed by atoms with E-state index in [-0.39, 0.29) is 18.5 Å². The number of imide groups is 1. The van der Waals surface area contributed by atoms with E-state index in [1.165, 1.54) is 4.90 Å². The first-order chi connectivity index (χ1) is 12.7. The van der Waals surface area contributed by atoms with Gasteiger partial charge in [-0.15, -0.1) is 0 Å². The van der Waals surface area contributed by atoms with Crippen molar-refractivity contribution in [3.05, 3.63) is 70.8 Å². The highest BCUT2D eigenvalue weighted by molar-refractivity contribution is 6.07. The second-order valence-electron chi connectivity index (χ2n) is 6.86. The van der Waals surface area contributed by atoms with Gasteiger partial charge in [-0.25, -0.2) is 4.79 Å². The van der Waals surface area contributed by atoms with Crippen LogP contribution >= 0.6 is 0 Å². The van der Waals surface area contributed by atoms with Crippen LogP contribution in [0.4, 0.5) is 4.79 Å². The molecule has 1 aliphatic carbocycles. The average molecular weight is 345 g/mol. The zero-order valence-corrected chi connectivity index (χ0v) is 14.4. The van der Waals surface area contributed by atoms with Crippen LogP contribution in [0.1, 0.15) is 41.5 Å². The van der Waals surface area contributed by atoms with Crippen molar-refractivity contribution in [3.8, 4) is 6.07 Å². The van der Waals surface area contributed by atoms with Gasteiger partial charge in [-0.2, -0.15) is 5.26 Å². The van der Waals surface area contributed by atoms with Crippen LogP contribution in [0.3, 0.4) is 0 Å². The van der Waals surface area contributed by atoms with Gasteiger partial charge in [0.15, 0.2) is 0 Å². The van der Waals surface area contributed by atoms with Crippen LogP contribution in [-0.4, -0.2) is 16.8 Å². The fourth-order valence-electron chi connectivity index (χ4n) is 4.05. The number of fused-ring (bicyclic) bond motifs is 2. The van der Waals surface area contributed by atoms with Crippen molar-refractivity contribution >= 4 is 11.9 Å². The summed E-state index contributed by atoms with van der Waals surface area (Å²) in [7, 11) is 0. The fraction of sp³-hybridized carbons (Fsp3) is 0.286. The lowest BCUT2D eigenvalue weighted by molar-refractivity contribution is -0.132. The molecule has 2 aromatic carbocycles. The molecule has 0 saturated carbocycles. The standard InChI is InChI=1S/C21H19N3O2/c22-13-16-9-1-2-10-17(16)14-24-19(25)21(23-20(24)26)12-6-5-8-15-7-3-4-11-18(15)21/h1-4,7,9-11H,5-6,8,12,14H2,(H,23,26)/t21-/m1/s1. The van der Waals surface area contributed by atoms with Crippen LogP contribution < -0.4 is 5.32 Å². The Hall–Kier alpha value is -3.13. The van der Waals surface area contributed by atoms with Gasteiger partial charge in [-0.3, -0.25) is 9.69 Å². The molecule has 5 nitrogen and oxygen atoms in total. The third-order valence-corrected chi connectivity index (χ3v) is 5.37. The van der Waals surface area contributed by atoms with Crippen molar-refractivity contribution in [1.82, 2.24) is 10.2 Å². The topological polar surface area (TPSA) is 73.2 Å². The Kier molecular flexibility index (Phi) is 3.96. The molecule has 130 valence electrons. The van der Waals surface area contributed by atoms with Gasteiger partial charge in [0.05, 0.1) is 18.2 Å². The summed E-state index contributed by atoms with van der Waals surface area (Å²) in [6, 6.07) is 16.7. The van der Waals surface area contributed by atoms with E-state index in [9.17, 15) is 14.9 Å². The number of amides is 3. The van der Waals surface area contributed by atoms with Gasteiger partial charge >= 0.3 is 6.03 Å². The summed E-state index contributed by atoms with van der Waals surface area (Å²) in [5.74, 6) is -0.218. The lowest BCUT2D eigenvalue weighted by atomic mass is 9.84. The first kappa shape index (κ1) is 16.3. The van der Waals surface area contributed by atoms with Crippen LogP contribution in [0.15, 0.2) is 48.5 Å². The molecule has 1 spiro atoms. The van der Waals surface area contributed by atoms with Crippen LogP contribution in [0, 0.1) is 11.3 Å². The number of aryl methyl sites for hydroxylation is 1. The Morgan fingerprint density at radius 3 is 2.69 bits per heavy atom. The zero-order chi connectivity index (χ0) is 18.1. The first-order valence-electron chi connectivity index (χ1n) is 8.86. The number of hydrogen-bond donors (Lipinski definition) is 1. The predicted molar refractivity (Wildman–Crippen MR) is 95.9 cm³/mol. The number of carbonyl (C=O) groups is 2. The van der Waals surface area contributed by atoms with Crippen molar-refractivity contribution in [2.24, 2.45) is 0 Å². The number of hydrogen-bond acceptors (Lipinski definition) is 3. The van der Waals surface area contributed by atoms with Crippen LogP contribution in [-0.2, 0) is 23.3 Å². The summed E-state index contributed by atoms with van der Waals surface area (Å²) in [5, 5.41) is 12.3. The number of nitrogens with zero attached hydrogens (tertiary/aromatic N) is 2. The molecule has 1 saturated heterocycles. The highest BCUT2D eigenvalue weighted by atomic mass is 16.2. The second kappa shape index (κ2) is 6.30. The van der Waals surface area contributed by atoms with Gasteiger partial charge in [0.2, 0.25) is 0 Å². The van der Waals surface area contributed by atoms with Gasteiger partial charge in [0.1, 0.15) is 5.54 Å². The van der Waals surface area contributed by atoms with E-state index in [0.717, 1.165) is 30.4 Å². The predicted octanol–water partition coefficient (Wildman–Crippen LogP) is 3.23. The average Bonchev–Trinajstić information content (AvgIpc) is 2.81. The molecule has 1 fully saturated rings. The van der Waals surface area contributed by atoms with Crippen molar-refractivity contribution < 1.29 is 9.59 Å². The van der Waals surface area contributed by atoms with Crippen LogP contribution in [0.25, 0.3) is 0 Å². The van der Waals surface area contributed by atoms with Crippen molar-refractivity contribution in [2.75, 3.05) is 0 Å². The van der Waals surface area contributed by atoms with E-state index in [0.29, 0.717) is 17.5 Å². The molecule has 0 aromatic heterocycles. The van der Waals surface area contributed by atoms with E-state index >= 15 is 0 Å². The van der Waals surface area contributed by atoms with Gasteiger partial charge in [0, 0.05) is 0 Å². The number of urea groups is 1. The number of nitrogens with one attached hydrogen (secondary N) is 1. The smallest absolute Gasteiger partial charge is 0.319 e. The highest BCUT2D eigenvalue weighted by Crippen LogP contribution is 2.39. The Balaban J connectivity index is 1.73. The second-order valence-corrected chi connectivity index (χ2v) is 6.86. The van der Waals surface area contributed by atoms with Gasteiger partial charge < -0.3 is 5.32 Å². The summed E-state index contributed by atoms with van der Waals surface area (Å²) in [6.45, 7) is 0.109. The Bertz CT molecular complexity index is 931. The van der Waals surface area contributed by atoms with Crippen molar-refractivity contribution in [3.63, 3.8) is 0 Å². The fourth-order valence-corrected chi connectivity index (χ4v) is 4.05. The normalized spacial score (nSPS) is 21.9. The minimum atomic E-state index is -0.980. The number of benzene rings is 2. The number of rotatable bonds is 2. The molecule has 1 aliphatic heterocycles. The minimum Gasteiger partial charge on any atom is -0.319 e. The summed E-state index contributed by atoms with van der Waals surface area (Å²) < 4.78 is 0. The molecular formula is C21H19N3O2. The Morgan fingerprint density at radius 2 is 1.85 bits per heavy atom. The summed E-state index contributed by atoms with van der Waals surface area (Å²) in [6.07, 6.45) is 3.39. The van der Waals surface area contributed by atoms with E-state index in [4.69, 9.17) is 0 Å². The number of nitriles is 1. The third kappa shape index (κ3) is 2.46. The largest absolute Gasteiger partial charge is 0.325 e. The molecule has 5 heteroatoms. The zero-order valence-electron chi connectivity index (χ0n) is 14.4. The molecule has 26 heavy (non-hydrogen) atoms. The molecule has 1 heterocycles. The van der Waals surface area contributed by atoms with Crippen molar-refractivity contribution in [2.45, 2.75) is 37.8 Å². The summed E-state index contributed by atoms with van der Waals surface area (Å²) in [4.78, 5) is 27.3. The lowest BCUT2D eigenvalue weighted by Crippen LogP contribution is -2.44. The summed E-state index contributed by atoms with van der Waals surface area (Å²) in [5.41, 5.74) is 2.21. The maximum Gasteiger partial charge on any atom is 0.325 e. The van der Waals surface area contributed by atoms with Gasteiger partial charge in [-0.05, 0) is 48.4 Å². The van der Waals surface area contributed by atoms with Crippen LogP contribution in [0.2, 0.25) is 0 Å². The van der Waals surface area contributed by atoms with Crippen LogP contribution in [0.5, 0.6) is 0 Å². The molecule has 2 aliphatic rings. The van der Waals surface area contributed by atoms with E-state index in [2.05, 4.69) is 11.4 Å². The quantitative estimate of drug-likeness (QED) is 0.849. The van der Waals surface area contributed by atoms with E-state index in [1.54, 1.807) is 18.2 Å². The Labute approximate surface area is 152 Å². The lowest BCUT2D eigenvalue weighted by Gasteiger charge is -2.27. The Morgan fingerprint density at radius 1 is 1.08 bits per heavy atom. The third-order valence-electron chi connectivity index (χ3n) is 5.37. The summed E-state index contributed by atoms with van der Waals surface area (Å²) >= 11 is 0. The molecule has 0 radical (unpaired) electrons. The van der Waals surface area contributed by atoms with E-state index < -0.39 is 5.54 Å². The molecule has 0 unspecified atom stereocenters. The molecular weight excluding hydrogens is 326 g/mol. The van der Waals surface area contributed by atoms with Gasteiger partial charge in [-0.1, -0.05) is 42.5 Å². The molecule has 3 amide bonds. The van der Waals surface area contributed by atoms with Gasteiger partial charge in [0.25, 0.3) is 5.91 Å². The van der Waals surface area contributed by atoms with Crippen molar-refractivity contribution in [1.29, 1.82) is 5.26 Å². The molecule has 1 atom stereocenters. The molecule has 0 bridgehead atoms. The molecule has 1 N–H and O–H groups in total. The maximum atomic E-state index is 13.4. The monoisotopic (exact) mass is 345 g/mol.